The fraction of sp³-hybridized carbons (Fsp3) is 0.250. The quantitative estimate of drug-likeness (QED) is 0.832. The predicted molar refractivity (Wildman–Crippen MR) is 64.9 cm³/mol. The van der Waals surface area contributed by atoms with Crippen molar-refractivity contribution in [2.24, 2.45) is 0 Å². The molecule has 2 aromatic rings. The number of rotatable bonds is 3. The molecule has 1 N–H and O–H groups in total. The molecule has 0 spiro atoms. The van der Waals surface area contributed by atoms with E-state index < -0.39 is 0 Å². The summed E-state index contributed by atoms with van der Waals surface area (Å²) in [6.45, 7) is 2.01. The van der Waals surface area contributed by atoms with Crippen molar-refractivity contribution in [3.05, 3.63) is 35.7 Å². The molecule has 3 nitrogen and oxygen atoms in total. The first kappa shape index (κ1) is 11.0. The van der Waals surface area contributed by atoms with Gasteiger partial charge in [0.2, 0.25) is 0 Å². The molecule has 84 valence electrons. The van der Waals surface area contributed by atoms with Gasteiger partial charge in [-0.3, -0.25) is 0 Å². The van der Waals surface area contributed by atoms with E-state index in [1.54, 1.807) is 13.3 Å². The molecule has 0 saturated heterocycles. The summed E-state index contributed by atoms with van der Waals surface area (Å²) >= 11 is 5.72. The van der Waals surface area contributed by atoms with Gasteiger partial charge in [-0.15, -0.1) is 11.6 Å². The van der Waals surface area contributed by atoms with Gasteiger partial charge in [0.25, 0.3) is 0 Å². The second kappa shape index (κ2) is 4.58. The van der Waals surface area contributed by atoms with Crippen molar-refractivity contribution in [1.82, 2.24) is 9.97 Å². The van der Waals surface area contributed by atoms with Crippen molar-refractivity contribution in [3.8, 4) is 17.1 Å². The van der Waals surface area contributed by atoms with E-state index in [2.05, 4.69) is 9.97 Å². The molecule has 1 aromatic heterocycles. The van der Waals surface area contributed by atoms with Gasteiger partial charge in [0.05, 0.1) is 13.0 Å². The normalized spacial score (nSPS) is 10.4. The van der Waals surface area contributed by atoms with Gasteiger partial charge in [0.1, 0.15) is 11.6 Å². The number of halogens is 1. The Hall–Kier alpha value is -1.48. The number of benzene rings is 1. The molecule has 0 amide bonds. The fourth-order valence-corrected chi connectivity index (χ4v) is 1.74. The van der Waals surface area contributed by atoms with Crippen LogP contribution < -0.4 is 4.74 Å². The van der Waals surface area contributed by atoms with Crippen molar-refractivity contribution in [2.75, 3.05) is 7.11 Å². The highest BCUT2D eigenvalue weighted by atomic mass is 35.5. The summed E-state index contributed by atoms with van der Waals surface area (Å²) in [5.74, 6) is 2.16. The van der Waals surface area contributed by atoms with Crippen LogP contribution in [0.4, 0.5) is 0 Å². The first-order valence-electron chi connectivity index (χ1n) is 4.99. The molecule has 1 heterocycles. The van der Waals surface area contributed by atoms with Gasteiger partial charge in [-0.25, -0.2) is 4.98 Å². The van der Waals surface area contributed by atoms with Gasteiger partial charge < -0.3 is 9.72 Å². The van der Waals surface area contributed by atoms with Crippen molar-refractivity contribution in [1.29, 1.82) is 0 Å². The standard InChI is InChI=1S/C12H13ClN2O/c1-8-5-9(3-4-11(8)16-2)12-14-7-10(6-13)15-12/h3-5,7H,6H2,1-2H3,(H,14,15). The zero-order valence-corrected chi connectivity index (χ0v) is 10.0. The largest absolute Gasteiger partial charge is 0.496 e. The molecule has 0 aliphatic carbocycles. The lowest BCUT2D eigenvalue weighted by Gasteiger charge is -2.05. The minimum atomic E-state index is 0.447. The topological polar surface area (TPSA) is 37.9 Å². The van der Waals surface area contributed by atoms with E-state index in [0.717, 1.165) is 28.4 Å². The van der Waals surface area contributed by atoms with Gasteiger partial charge >= 0.3 is 0 Å². The van der Waals surface area contributed by atoms with Crippen LogP contribution in [0.1, 0.15) is 11.3 Å². The van der Waals surface area contributed by atoms with Crippen LogP contribution in [0.25, 0.3) is 11.4 Å². The number of hydrogen-bond acceptors (Lipinski definition) is 2. The summed E-state index contributed by atoms with van der Waals surface area (Å²) in [4.78, 5) is 7.43. The Balaban J connectivity index is 2.37. The summed E-state index contributed by atoms with van der Waals surface area (Å²) in [6, 6.07) is 5.95. The first-order valence-corrected chi connectivity index (χ1v) is 5.53. The van der Waals surface area contributed by atoms with Crippen molar-refractivity contribution in [3.63, 3.8) is 0 Å². The second-order valence-electron chi connectivity index (χ2n) is 3.58. The molecule has 2 rings (SSSR count). The molecule has 0 aliphatic rings. The van der Waals surface area contributed by atoms with E-state index in [9.17, 15) is 0 Å². The van der Waals surface area contributed by atoms with Crippen LogP contribution in [0.5, 0.6) is 5.75 Å². The Morgan fingerprint density at radius 3 is 2.81 bits per heavy atom. The molecule has 0 aliphatic heterocycles. The highest BCUT2D eigenvalue weighted by molar-refractivity contribution is 6.16. The van der Waals surface area contributed by atoms with E-state index in [0.29, 0.717) is 5.88 Å². The number of hydrogen-bond donors (Lipinski definition) is 1. The van der Waals surface area contributed by atoms with Crippen LogP contribution in [0.3, 0.4) is 0 Å². The van der Waals surface area contributed by atoms with Gasteiger partial charge in [-0.05, 0) is 30.7 Å². The summed E-state index contributed by atoms with van der Waals surface area (Å²) in [7, 11) is 1.67. The number of methoxy groups -OCH3 is 1. The molecule has 16 heavy (non-hydrogen) atoms. The number of nitrogens with zero attached hydrogens (tertiary/aromatic N) is 1. The highest BCUT2D eigenvalue weighted by Crippen LogP contribution is 2.24. The average Bonchev–Trinajstić information content (AvgIpc) is 2.77. The molecule has 0 radical (unpaired) electrons. The van der Waals surface area contributed by atoms with E-state index in [1.165, 1.54) is 0 Å². The number of ether oxygens (including phenoxy) is 1. The minimum Gasteiger partial charge on any atom is -0.496 e. The summed E-state index contributed by atoms with van der Waals surface area (Å²) in [5.41, 5.74) is 3.05. The molecular weight excluding hydrogens is 224 g/mol. The van der Waals surface area contributed by atoms with E-state index in [1.807, 2.05) is 25.1 Å². The maximum Gasteiger partial charge on any atom is 0.137 e. The number of aryl methyl sites for hydroxylation is 1. The third-order valence-electron chi connectivity index (χ3n) is 2.44. The van der Waals surface area contributed by atoms with Crippen LogP contribution in [-0.4, -0.2) is 17.1 Å². The highest BCUT2D eigenvalue weighted by Gasteiger charge is 2.05. The Labute approximate surface area is 99.4 Å². The molecule has 0 bridgehead atoms. The molecule has 4 heteroatoms. The number of nitrogens with one attached hydrogen (secondary N) is 1. The lowest BCUT2D eigenvalue weighted by molar-refractivity contribution is 0.412. The Morgan fingerprint density at radius 2 is 2.25 bits per heavy atom. The maximum atomic E-state index is 5.72. The predicted octanol–water partition coefficient (Wildman–Crippen LogP) is 3.13. The van der Waals surface area contributed by atoms with Crippen molar-refractivity contribution in [2.45, 2.75) is 12.8 Å². The van der Waals surface area contributed by atoms with Gasteiger partial charge in [-0.2, -0.15) is 0 Å². The zero-order valence-electron chi connectivity index (χ0n) is 9.25. The number of imidazole rings is 1. The molecule has 1 aromatic carbocycles. The zero-order chi connectivity index (χ0) is 11.5. The number of aromatic nitrogens is 2. The van der Waals surface area contributed by atoms with E-state index >= 15 is 0 Å². The lowest BCUT2D eigenvalue weighted by Crippen LogP contribution is -1.88. The smallest absolute Gasteiger partial charge is 0.137 e. The van der Waals surface area contributed by atoms with E-state index in [-0.39, 0.29) is 0 Å². The summed E-state index contributed by atoms with van der Waals surface area (Å²) in [6.07, 6.45) is 1.75. The van der Waals surface area contributed by atoms with Crippen LogP contribution >= 0.6 is 11.6 Å². The monoisotopic (exact) mass is 236 g/mol. The summed E-state index contributed by atoms with van der Waals surface area (Å²) < 4.78 is 5.21. The number of alkyl halides is 1. The molecule has 0 atom stereocenters. The number of H-pyrrole nitrogens is 1. The maximum absolute atomic E-state index is 5.72. The van der Waals surface area contributed by atoms with Gasteiger partial charge in [0, 0.05) is 17.5 Å². The Morgan fingerprint density at radius 1 is 1.44 bits per heavy atom. The van der Waals surface area contributed by atoms with Crippen molar-refractivity contribution >= 4 is 11.6 Å². The number of aromatic amines is 1. The van der Waals surface area contributed by atoms with Crippen molar-refractivity contribution < 1.29 is 4.74 Å². The van der Waals surface area contributed by atoms with Crippen LogP contribution in [0, 0.1) is 6.92 Å². The summed E-state index contributed by atoms with van der Waals surface area (Å²) in [5, 5.41) is 0. The van der Waals surface area contributed by atoms with Gasteiger partial charge in [0.15, 0.2) is 0 Å². The second-order valence-corrected chi connectivity index (χ2v) is 3.84. The lowest BCUT2D eigenvalue weighted by atomic mass is 10.1. The third kappa shape index (κ3) is 2.04. The fourth-order valence-electron chi connectivity index (χ4n) is 1.60. The molecular formula is C12H13ClN2O. The SMILES string of the molecule is COc1ccc(-c2ncc(CCl)[nH]2)cc1C. The third-order valence-corrected chi connectivity index (χ3v) is 2.73. The van der Waals surface area contributed by atoms with Gasteiger partial charge in [-0.1, -0.05) is 0 Å². The molecule has 0 fully saturated rings. The van der Waals surface area contributed by atoms with Crippen LogP contribution in [0.2, 0.25) is 0 Å². The first-order chi connectivity index (χ1) is 7.74. The minimum absolute atomic E-state index is 0.447. The molecule has 0 saturated carbocycles. The Kier molecular flexibility index (Phi) is 3.15. The van der Waals surface area contributed by atoms with E-state index in [4.69, 9.17) is 16.3 Å². The average molecular weight is 237 g/mol. The Bertz CT molecular complexity index is 494. The molecule has 0 unspecified atom stereocenters. The van der Waals surface area contributed by atoms with Crippen LogP contribution in [-0.2, 0) is 5.88 Å². The van der Waals surface area contributed by atoms with Crippen LogP contribution in [0.15, 0.2) is 24.4 Å².